The van der Waals surface area contributed by atoms with Gasteiger partial charge >= 0.3 is 0 Å². The van der Waals surface area contributed by atoms with Crippen LogP contribution in [0.3, 0.4) is 0 Å². The van der Waals surface area contributed by atoms with Crippen LogP contribution in [0.1, 0.15) is 32.4 Å². The van der Waals surface area contributed by atoms with Gasteiger partial charge in [0.05, 0.1) is 12.2 Å². The highest BCUT2D eigenvalue weighted by Crippen LogP contribution is 2.11. The van der Waals surface area contributed by atoms with Crippen LogP contribution in [0.2, 0.25) is 0 Å². The van der Waals surface area contributed by atoms with Gasteiger partial charge in [-0.05, 0) is 25.5 Å². The Morgan fingerprint density at radius 1 is 1.38 bits per heavy atom. The fourth-order valence-electron chi connectivity index (χ4n) is 2.81. The molecule has 146 valence electrons. The average Bonchev–Trinajstić information content (AvgIpc) is 3.08. The third-order valence-corrected chi connectivity index (χ3v) is 4.18. The number of nitrogens with zero attached hydrogens (tertiary/aromatic N) is 4. The number of rotatable bonds is 6. The summed E-state index contributed by atoms with van der Waals surface area (Å²) in [6.45, 7) is 6.82. The average molecular weight is 474 g/mol. The third-order valence-electron chi connectivity index (χ3n) is 4.18. The van der Waals surface area contributed by atoms with Crippen LogP contribution in [0.5, 0.6) is 0 Å². The van der Waals surface area contributed by atoms with Crippen LogP contribution in [0.15, 0.2) is 23.2 Å². The number of guanidine groups is 1. The van der Waals surface area contributed by atoms with E-state index in [-0.39, 0.29) is 35.9 Å². The summed E-state index contributed by atoms with van der Waals surface area (Å²) in [6.07, 6.45) is 1.51. The Bertz CT molecular complexity index is 607. The van der Waals surface area contributed by atoms with E-state index in [0.29, 0.717) is 13.0 Å². The molecule has 1 atom stereocenters. The van der Waals surface area contributed by atoms with Gasteiger partial charge in [0.15, 0.2) is 5.96 Å². The van der Waals surface area contributed by atoms with Crippen LogP contribution >= 0.6 is 24.0 Å². The van der Waals surface area contributed by atoms with Crippen molar-refractivity contribution in [2.75, 3.05) is 38.6 Å². The van der Waals surface area contributed by atoms with Gasteiger partial charge in [-0.15, -0.1) is 24.0 Å². The monoisotopic (exact) mass is 474 g/mol. The number of nitrogens with one attached hydrogen (secondary N) is 2. The van der Waals surface area contributed by atoms with E-state index in [1.165, 1.54) is 0 Å². The number of amides is 1. The first-order valence-electron chi connectivity index (χ1n) is 8.99. The predicted octanol–water partition coefficient (Wildman–Crippen LogP) is 1.83. The van der Waals surface area contributed by atoms with Gasteiger partial charge in [-0.2, -0.15) is 0 Å². The number of aromatic nitrogens is 1. The van der Waals surface area contributed by atoms with E-state index in [4.69, 9.17) is 0 Å². The number of likely N-dealkylation sites (tertiary alicyclic amines) is 1. The molecule has 1 fully saturated rings. The lowest BCUT2D eigenvalue weighted by atomic mass is 10.3. The lowest BCUT2D eigenvalue weighted by Gasteiger charge is -2.18. The first-order valence-corrected chi connectivity index (χ1v) is 8.99. The molecule has 1 aliphatic heterocycles. The molecule has 2 N–H and O–H groups in total. The van der Waals surface area contributed by atoms with Crippen molar-refractivity contribution in [3.8, 4) is 0 Å². The lowest BCUT2D eigenvalue weighted by molar-refractivity contribution is -0.129. The molecule has 0 radical (unpaired) electrons. The van der Waals surface area contributed by atoms with Crippen molar-refractivity contribution in [2.24, 2.45) is 4.99 Å². The molecule has 1 aromatic heterocycles. The number of carbonyl (C=O) groups is 1. The molecule has 1 aromatic rings. The number of aliphatic imine (C=N–C) groups is 1. The maximum absolute atomic E-state index is 11.8. The van der Waals surface area contributed by atoms with E-state index in [1.807, 2.05) is 55.9 Å². The van der Waals surface area contributed by atoms with Gasteiger partial charge in [0.2, 0.25) is 5.91 Å². The zero-order chi connectivity index (χ0) is 18.2. The van der Waals surface area contributed by atoms with Crippen molar-refractivity contribution in [3.05, 3.63) is 23.9 Å². The van der Waals surface area contributed by atoms with E-state index in [1.54, 1.807) is 0 Å². The molecule has 1 amide bonds. The summed E-state index contributed by atoms with van der Waals surface area (Å²) in [5.41, 5.74) is 0.928. The van der Waals surface area contributed by atoms with Crippen molar-refractivity contribution >= 4 is 41.7 Å². The molecule has 0 bridgehead atoms. The molecule has 0 saturated carbocycles. The Labute approximate surface area is 173 Å². The second kappa shape index (κ2) is 11.2. The van der Waals surface area contributed by atoms with Crippen LogP contribution in [0.25, 0.3) is 0 Å². The molecular formula is C18H31IN6O. The molecule has 2 heterocycles. The molecule has 1 aliphatic rings. The second-order valence-corrected chi connectivity index (χ2v) is 6.40. The van der Waals surface area contributed by atoms with E-state index in [9.17, 15) is 4.79 Å². The highest BCUT2D eigenvalue weighted by Gasteiger charge is 2.25. The zero-order valence-electron chi connectivity index (χ0n) is 16.2. The molecule has 26 heavy (non-hydrogen) atoms. The van der Waals surface area contributed by atoms with Crippen molar-refractivity contribution < 1.29 is 4.79 Å². The number of pyridine rings is 1. The smallest absolute Gasteiger partial charge is 0.222 e. The summed E-state index contributed by atoms with van der Waals surface area (Å²) in [6, 6.07) is 6.21. The maximum atomic E-state index is 11.8. The van der Waals surface area contributed by atoms with Crippen LogP contribution < -0.4 is 15.5 Å². The van der Waals surface area contributed by atoms with Crippen LogP contribution in [0, 0.1) is 0 Å². The fraction of sp³-hybridized carbons (Fsp3) is 0.611. The van der Waals surface area contributed by atoms with Crippen LogP contribution in [0.4, 0.5) is 5.82 Å². The van der Waals surface area contributed by atoms with Gasteiger partial charge in [-0.3, -0.25) is 4.79 Å². The van der Waals surface area contributed by atoms with Crippen molar-refractivity contribution in [3.63, 3.8) is 0 Å². The Morgan fingerprint density at radius 3 is 2.81 bits per heavy atom. The molecule has 1 saturated heterocycles. The second-order valence-electron chi connectivity index (χ2n) is 6.40. The summed E-state index contributed by atoms with van der Waals surface area (Å²) < 4.78 is 0. The van der Waals surface area contributed by atoms with Crippen molar-refractivity contribution in [1.82, 2.24) is 20.5 Å². The predicted molar refractivity (Wildman–Crippen MR) is 117 cm³/mol. The van der Waals surface area contributed by atoms with Gasteiger partial charge in [0, 0.05) is 46.2 Å². The Balaban J connectivity index is 0.00000338. The number of carbonyl (C=O) groups excluding carboxylic acids is 1. The molecule has 2 rings (SSSR count). The van der Waals surface area contributed by atoms with E-state index in [0.717, 1.165) is 43.5 Å². The van der Waals surface area contributed by atoms with Crippen molar-refractivity contribution in [2.45, 2.75) is 39.3 Å². The number of halogens is 1. The van der Waals surface area contributed by atoms with Gasteiger partial charge < -0.3 is 20.4 Å². The summed E-state index contributed by atoms with van der Waals surface area (Å²) >= 11 is 0. The Hall–Kier alpha value is -1.58. The molecule has 7 nitrogen and oxygen atoms in total. The standard InChI is InChI=1S/C18H30N6O.HI/c1-5-17(25)24-11-10-15(13-24)22-18(19-6-2)20-12-14-8-7-9-16(21-14)23(3)4;/h7-9,15H,5-6,10-13H2,1-4H3,(H2,19,20,22);1H. The van der Waals surface area contributed by atoms with Crippen LogP contribution in [-0.2, 0) is 11.3 Å². The first-order chi connectivity index (χ1) is 12.0. The zero-order valence-corrected chi connectivity index (χ0v) is 18.5. The minimum atomic E-state index is 0. The quantitative estimate of drug-likeness (QED) is 0.374. The van der Waals surface area contributed by atoms with Gasteiger partial charge in [0.25, 0.3) is 0 Å². The van der Waals surface area contributed by atoms with E-state index >= 15 is 0 Å². The Kier molecular flexibility index (Phi) is 9.68. The minimum absolute atomic E-state index is 0. The highest BCUT2D eigenvalue weighted by atomic mass is 127. The van der Waals surface area contributed by atoms with E-state index < -0.39 is 0 Å². The SMILES string of the molecule is CCNC(=NCc1cccc(N(C)C)n1)NC1CCN(C(=O)CC)C1.I. The van der Waals surface area contributed by atoms with Gasteiger partial charge in [0.1, 0.15) is 5.82 Å². The van der Waals surface area contributed by atoms with Crippen LogP contribution in [-0.4, -0.2) is 61.5 Å². The minimum Gasteiger partial charge on any atom is -0.363 e. The summed E-state index contributed by atoms with van der Waals surface area (Å²) in [4.78, 5) is 24.9. The normalized spacial score (nSPS) is 16.8. The summed E-state index contributed by atoms with van der Waals surface area (Å²) in [5, 5.41) is 6.71. The fourth-order valence-corrected chi connectivity index (χ4v) is 2.81. The molecule has 0 aliphatic carbocycles. The molecule has 1 unspecified atom stereocenters. The van der Waals surface area contributed by atoms with Gasteiger partial charge in [-0.1, -0.05) is 13.0 Å². The van der Waals surface area contributed by atoms with Gasteiger partial charge in [-0.25, -0.2) is 9.98 Å². The molecular weight excluding hydrogens is 443 g/mol. The van der Waals surface area contributed by atoms with Crippen molar-refractivity contribution in [1.29, 1.82) is 0 Å². The topological polar surface area (TPSA) is 72.9 Å². The number of anilines is 1. The largest absolute Gasteiger partial charge is 0.363 e. The summed E-state index contributed by atoms with van der Waals surface area (Å²) in [5.74, 6) is 1.92. The summed E-state index contributed by atoms with van der Waals surface area (Å²) in [7, 11) is 3.95. The first kappa shape index (κ1) is 22.5. The Morgan fingerprint density at radius 2 is 2.15 bits per heavy atom. The molecule has 0 aromatic carbocycles. The lowest BCUT2D eigenvalue weighted by Crippen LogP contribution is -2.45. The number of hydrogen-bond acceptors (Lipinski definition) is 4. The maximum Gasteiger partial charge on any atom is 0.222 e. The van der Waals surface area contributed by atoms with E-state index in [2.05, 4.69) is 20.6 Å². The third kappa shape index (κ3) is 6.62. The number of hydrogen-bond donors (Lipinski definition) is 2. The highest BCUT2D eigenvalue weighted by molar-refractivity contribution is 14.0. The molecule has 0 spiro atoms. The molecule has 8 heteroatoms.